The summed E-state index contributed by atoms with van der Waals surface area (Å²) < 4.78 is 40.4. The molecule has 0 fully saturated rings. The van der Waals surface area contributed by atoms with Gasteiger partial charge in [0.15, 0.2) is 0 Å². The number of halogens is 3. The van der Waals surface area contributed by atoms with Crippen LogP contribution in [0.15, 0.2) is 24.3 Å². The number of hydrogen-bond donors (Lipinski definition) is 2. The highest BCUT2D eigenvalue weighted by molar-refractivity contribution is 5.91. The first kappa shape index (κ1) is 16.5. The number of carbonyl (C=O) groups excluding carboxylic acids is 1. The van der Waals surface area contributed by atoms with Gasteiger partial charge in [-0.15, -0.1) is 13.2 Å². The van der Waals surface area contributed by atoms with Crippen molar-refractivity contribution in [1.82, 2.24) is 5.32 Å². The molecule has 0 saturated carbocycles. The van der Waals surface area contributed by atoms with Crippen molar-refractivity contribution in [1.29, 1.82) is 0 Å². The molecule has 0 spiro atoms. The van der Waals surface area contributed by atoms with E-state index in [2.05, 4.69) is 10.1 Å². The standard InChI is InChI=1S/C13H12F3NO4/c1-8(18)17-6-2-3-9-4-5-10(12(19)20)11(7-9)21-13(14,15)16/h2-5,7H,6H2,1H3,(H,17,18)(H,19,20). The average molecular weight is 303 g/mol. The smallest absolute Gasteiger partial charge is 0.478 e. The van der Waals surface area contributed by atoms with Crippen LogP contribution in [-0.2, 0) is 4.79 Å². The molecule has 114 valence electrons. The van der Waals surface area contributed by atoms with Crippen LogP contribution in [0.25, 0.3) is 6.08 Å². The van der Waals surface area contributed by atoms with E-state index in [1.165, 1.54) is 25.1 Å². The van der Waals surface area contributed by atoms with Gasteiger partial charge in [-0.1, -0.05) is 18.2 Å². The Hall–Kier alpha value is -2.51. The second kappa shape index (κ2) is 6.78. The molecule has 21 heavy (non-hydrogen) atoms. The monoisotopic (exact) mass is 303 g/mol. The van der Waals surface area contributed by atoms with E-state index >= 15 is 0 Å². The van der Waals surface area contributed by atoms with E-state index in [0.717, 1.165) is 12.1 Å². The van der Waals surface area contributed by atoms with Gasteiger partial charge in [-0.3, -0.25) is 4.79 Å². The molecular formula is C13H12F3NO4. The number of alkyl halides is 3. The van der Waals surface area contributed by atoms with Crippen molar-refractivity contribution < 1.29 is 32.6 Å². The summed E-state index contributed by atoms with van der Waals surface area (Å²) in [5.41, 5.74) is -0.282. The number of nitrogens with one attached hydrogen (secondary N) is 1. The number of benzene rings is 1. The molecule has 1 amide bonds. The Kier molecular flexibility index (Phi) is 5.34. The van der Waals surface area contributed by atoms with Gasteiger partial charge < -0.3 is 15.2 Å². The summed E-state index contributed by atoms with van der Waals surface area (Å²) in [6, 6.07) is 3.31. The van der Waals surface area contributed by atoms with E-state index in [1.54, 1.807) is 0 Å². The van der Waals surface area contributed by atoms with E-state index in [4.69, 9.17) is 5.11 Å². The Balaban J connectivity index is 2.96. The van der Waals surface area contributed by atoms with Gasteiger partial charge >= 0.3 is 12.3 Å². The third-order valence-electron chi connectivity index (χ3n) is 2.24. The van der Waals surface area contributed by atoms with Crippen molar-refractivity contribution in [2.75, 3.05) is 6.54 Å². The van der Waals surface area contributed by atoms with E-state index in [1.807, 2.05) is 0 Å². The molecule has 8 heteroatoms. The molecule has 0 bridgehead atoms. The summed E-state index contributed by atoms with van der Waals surface area (Å²) in [6.45, 7) is 1.52. The molecule has 0 radical (unpaired) electrons. The maximum absolute atomic E-state index is 12.2. The minimum Gasteiger partial charge on any atom is -0.478 e. The Labute approximate surface area is 118 Å². The van der Waals surface area contributed by atoms with Crippen molar-refractivity contribution in [2.24, 2.45) is 0 Å². The summed E-state index contributed by atoms with van der Waals surface area (Å²) in [7, 11) is 0. The molecule has 0 aliphatic rings. The van der Waals surface area contributed by atoms with E-state index < -0.39 is 23.6 Å². The second-order valence-electron chi connectivity index (χ2n) is 3.95. The first-order chi connectivity index (χ1) is 9.69. The van der Waals surface area contributed by atoms with E-state index in [9.17, 15) is 22.8 Å². The van der Waals surface area contributed by atoms with Crippen LogP contribution in [0.1, 0.15) is 22.8 Å². The molecule has 1 rings (SSSR count). The van der Waals surface area contributed by atoms with Crippen molar-refractivity contribution >= 4 is 18.0 Å². The van der Waals surface area contributed by atoms with Crippen molar-refractivity contribution in [2.45, 2.75) is 13.3 Å². The number of rotatable bonds is 5. The predicted molar refractivity (Wildman–Crippen MR) is 67.8 cm³/mol. The largest absolute Gasteiger partial charge is 0.573 e. The Morgan fingerprint density at radius 2 is 2.05 bits per heavy atom. The molecule has 5 nitrogen and oxygen atoms in total. The summed E-state index contributed by atoms with van der Waals surface area (Å²) >= 11 is 0. The van der Waals surface area contributed by atoms with Gasteiger partial charge in [-0.05, 0) is 17.7 Å². The predicted octanol–water partition coefficient (Wildman–Crippen LogP) is 2.43. The molecular weight excluding hydrogens is 291 g/mol. The van der Waals surface area contributed by atoms with Gasteiger partial charge in [0.25, 0.3) is 0 Å². The third kappa shape index (κ3) is 5.98. The summed E-state index contributed by atoms with van der Waals surface area (Å²) in [5, 5.41) is 11.3. The topological polar surface area (TPSA) is 75.6 Å². The first-order valence-electron chi connectivity index (χ1n) is 5.73. The zero-order chi connectivity index (χ0) is 16.0. The lowest BCUT2D eigenvalue weighted by Crippen LogP contribution is -2.19. The highest BCUT2D eigenvalue weighted by Crippen LogP contribution is 2.28. The fourth-order valence-corrected chi connectivity index (χ4v) is 1.43. The number of hydrogen-bond acceptors (Lipinski definition) is 3. The Morgan fingerprint density at radius 1 is 1.38 bits per heavy atom. The number of carboxylic acids is 1. The minimum absolute atomic E-state index is 0.200. The maximum Gasteiger partial charge on any atom is 0.573 e. The van der Waals surface area contributed by atoms with Crippen molar-refractivity contribution in [3.63, 3.8) is 0 Å². The molecule has 0 aromatic heterocycles. The Bertz CT molecular complexity index is 567. The molecule has 0 aliphatic carbocycles. The quantitative estimate of drug-likeness (QED) is 0.876. The maximum atomic E-state index is 12.2. The molecule has 0 unspecified atom stereocenters. The lowest BCUT2D eigenvalue weighted by atomic mass is 10.1. The van der Waals surface area contributed by atoms with Gasteiger partial charge in [0, 0.05) is 13.5 Å². The summed E-state index contributed by atoms with van der Waals surface area (Å²) in [4.78, 5) is 21.5. The number of carbonyl (C=O) groups is 2. The SMILES string of the molecule is CC(=O)NCC=Cc1ccc(C(=O)O)c(OC(F)(F)F)c1. The van der Waals surface area contributed by atoms with Crippen LogP contribution >= 0.6 is 0 Å². The van der Waals surface area contributed by atoms with E-state index in [0.29, 0.717) is 5.56 Å². The summed E-state index contributed by atoms with van der Waals surface area (Å²) in [6.07, 6.45) is -2.04. The highest BCUT2D eigenvalue weighted by atomic mass is 19.4. The molecule has 0 saturated heterocycles. The zero-order valence-corrected chi connectivity index (χ0v) is 10.9. The fourth-order valence-electron chi connectivity index (χ4n) is 1.43. The van der Waals surface area contributed by atoms with Crippen LogP contribution in [0.4, 0.5) is 13.2 Å². The van der Waals surface area contributed by atoms with Crippen LogP contribution in [0.5, 0.6) is 5.75 Å². The molecule has 0 heterocycles. The van der Waals surface area contributed by atoms with Crippen LogP contribution in [-0.4, -0.2) is 29.9 Å². The van der Waals surface area contributed by atoms with Crippen LogP contribution in [0.2, 0.25) is 0 Å². The number of ether oxygens (including phenoxy) is 1. The molecule has 2 N–H and O–H groups in total. The second-order valence-corrected chi connectivity index (χ2v) is 3.95. The molecule has 0 aliphatic heterocycles. The zero-order valence-electron chi connectivity index (χ0n) is 10.9. The molecule has 1 aromatic carbocycles. The van der Waals surface area contributed by atoms with E-state index in [-0.39, 0.29) is 12.5 Å². The average Bonchev–Trinajstić information content (AvgIpc) is 2.32. The highest BCUT2D eigenvalue weighted by Gasteiger charge is 2.33. The summed E-state index contributed by atoms with van der Waals surface area (Å²) in [5.74, 6) is -2.57. The molecule has 0 atom stereocenters. The first-order valence-corrected chi connectivity index (χ1v) is 5.73. The third-order valence-corrected chi connectivity index (χ3v) is 2.24. The lowest BCUT2D eigenvalue weighted by Gasteiger charge is -2.11. The van der Waals surface area contributed by atoms with Crippen LogP contribution in [0, 0.1) is 0 Å². The van der Waals surface area contributed by atoms with Crippen molar-refractivity contribution in [3.05, 3.63) is 35.4 Å². The van der Waals surface area contributed by atoms with Crippen LogP contribution in [0.3, 0.4) is 0 Å². The molecule has 1 aromatic rings. The number of carboxylic acid groups (broad SMARTS) is 1. The van der Waals surface area contributed by atoms with Gasteiger partial charge in [0.05, 0.1) is 0 Å². The number of aromatic carboxylic acids is 1. The van der Waals surface area contributed by atoms with Gasteiger partial charge in [-0.2, -0.15) is 0 Å². The van der Waals surface area contributed by atoms with Gasteiger partial charge in [0.1, 0.15) is 11.3 Å². The lowest BCUT2D eigenvalue weighted by molar-refractivity contribution is -0.274. The normalized spacial score (nSPS) is 11.4. The fraction of sp³-hybridized carbons (Fsp3) is 0.231. The van der Waals surface area contributed by atoms with Gasteiger partial charge in [-0.25, -0.2) is 4.79 Å². The Morgan fingerprint density at radius 3 is 2.57 bits per heavy atom. The number of amides is 1. The van der Waals surface area contributed by atoms with Gasteiger partial charge in [0.2, 0.25) is 5.91 Å². The van der Waals surface area contributed by atoms with Crippen molar-refractivity contribution in [3.8, 4) is 5.75 Å². The van der Waals surface area contributed by atoms with Crippen LogP contribution < -0.4 is 10.1 Å². The minimum atomic E-state index is -4.98.